The molecule has 5 heteroatoms. The third kappa shape index (κ3) is 3.91. The fraction of sp³-hybridized carbons (Fsp3) is 0.450. The quantitative estimate of drug-likeness (QED) is 0.880. The Hall–Kier alpha value is -1.78. The third-order valence-corrected chi connectivity index (χ3v) is 5.56. The lowest BCUT2D eigenvalue weighted by molar-refractivity contribution is 0.0937. The van der Waals surface area contributed by atoms with Crippen molar-refractivity contribution in [2.45, 2.75) is 32.7 Å². The summed E-state index contributed by atoms with van der Waals surface area (Å²) in [6.07, 6.45) is 2.43. The standard InChI is InChI=1S/C20H26ClN3O/c1-14-12-18(15(2)23(14)3)20(25)22-13-19(24-10-4-5-11-24)16-6-8-17(21)9-7-16/h6-9,12,19H,4-5,10-11,13H2,1-3H3,(H,22,25)/t19-/m1/s1. The van der Waals surface area contributed by atoms with E-state index in [1.165, 1.54) is 18.4 Å². The van der Waals surface area contributed by atoms with E-state index in [1.54, 1.807) is 0 Å². The summed E-state index contributed by atoms with van der Waals surface area (Å²) in [6, 6.07) is 10.1. The fourth-order valence-electron chi connectivity index (χ4n) is 3.57. The number of halogens is 1. The van der Waals surface area contributed by atoms with Crippen LogP contribution >= 0.6 is 11.6 Å². The van der Waals surface area contributed by atoms with Crippen molar-refractivity contribution in [3.8, 4) is 0 Å². The van der Waals surface area contributed by atoms with Gasteiger partial charge in [0.25, 0.3) is 5.91 Å². The number of likely N-dealkylation sites (tertiary alicyclic amines) is 1. The van der Waals surface area contributed by atoms with E-state index in [4.69, 9.17) is 11.6 Å². The van der Waals surface area contributed by atoms with Crippen molar-refractivity contribution in [2.75, 3.05) is 19.6 Å². The van der Waals surface area contributed by atoms with Crippen molar-refractivity contribution in [2.24, 2.45) is 7.05 Å². The van der Waals surface area contributed by atoms with Crippen LogP contribution in [0.15, 0.2) is 30.3 Å². The molecule has 1 fully saturated rings. The van der Waals surface area contributed by atoms with Crippen LogP contribution < -0.4 is 5.32 Å². The first-order valence-electron chi connectivity index (χ1n) is 8.88. The van der Waals surface area contributed by atoms with Crippen molar-refractivity contribution in [1.29, 1.82) is 0 Å². The van der Waals surface area contributed by atoms with Crippen LogP contribution in [0.2, 0.25) is 5.02 Å². The molecule has 3 rings (SSSR count). The first-order chi connectivity index (χ1) is 12.0. The summed E-state index contributed by atoms with van der Waals surface area (Å²) >= 11 is 6.03. The minimum absolute atomic E-state index is 0.000592. The predicted octanol–water partition coefficient (Wildman–Crippen LogP) is 3.86. The summed E-state index contributed by atoms with van der Waals surface area (Å²) in [6.45, 7) is 6.76. The lowest BCUT2D eigenvalue weighted by atomic mass is 10.1. The van der Waals surface area contributed by atoms with Crippen molar-refractivity contribution >= 4 is 17.5 Å². The molecule has 1 aliphatic heterocycles. The molecule has 0 aliphatic carbocycles. The largest absolute Gasteiger partial charge is 0.351 e. The van der Waals surface area contributed by atoms with E-state index >= 15 is 0 Å². The number of aromatic nitrogens is 1. The van der Waals surface area contributed by atoms with Crippen molar-refractivity contribution in [1.82, 2.24) is 14.8 Å². The molecule has 0 saturated carbocycles. The highest BCUT2D eigenvalue weighted by Crippen LogP contribution is 2.26. The number of amides is 1. The Balaban J connectivity index is 1.75. The zero-order chi connectivity index (χ0) is 18.0. The molecule has 2 heterocycles. The van der Waals surface area contributed by atoms with Gasteiger partial charge < -0.3 is 9.88 Å². The zero-order valence-corrected chi connectivity index (χ0v) is 15.9. The van der Waals surface area contributed by atoms with Gasteiger partial charge in [-0.05, 0) is 63.5 Å². The number of rotatable bonds is 5. The van der Waals surface area contributed by atoms with Gasteiger partial charge in [0.2, 0.25) is 0 Å². The predicted molar refractivity (Wildman–Crippen MR) is 102 cm³/mol. The van der Waals surface area contributed by atoms with Crippen LogP contribution in [0.4, 0.5) is 0 Å². The molecule has 1 aromatic heterocycles. The van der Waals surface area contributed by atoms with Gasteiger partial charge in [0.05, 0.1) is 11.6 Å². The second-order valence-electron chi connectivity index (χ2n) is 6.86. The molecule has 2 aromatic rings. The number of aryl methyl sites for hydroxylation is 1. The van der Waals surface area contributed by atoms with Crippen LogP contribution in [0.3, 0.4) is 0 Å². The molecule has 0 spiro atoms. The Bertz CT molecular complexity index is 745. The van der Waals surface area contributed by atoms with Crippen molar-refractivity contribution < 1.29 is 4.79 Å². The Morgan fingerprint density at radius 2 is 1.84 bits per heavy atom. The van der Waals surface area contributed by atoms with E-state index in [0.29, 0.717) is 6.54 Å². The van der Waals surface area contributed by atoms with Crippen LogP contribution in [-0.4, -0.2) is 35.0 Å². The normalized spacial score (nSPS) is 16.2. The molecular weight excluding hydrogens is 334 g/mol. The van der Waals surface area contributed by atoms with Crippen LogP contribution in [0.25, 0.3) is 0 Å². The van der Waals surface area contributed by atoms with Crippen LogP contribution in [0.5, 0.6) is 0 Å². The smallest absolute Gasteiger partial charge is 0.253 e. The molecule has 25 heavy (non-hydrogen) atoms. The van der Waals surface area contributed by atoms with Gasteiger partial charge in [-0.2, -0.15) is 0 Å². The molecule has 1 atom stereocenters. The number of carbonyl (C=O) groups is 1. The van der Waals surface area contributed by atoms with E-state index in [0.717, 1.165) is 35.1 Å². The second-order valence-corrected chi connectivity index (χ2v) is 7.30. The van der Waals surface area contributed by atoms with Gasteiger partial charge in [0, 0.05) is 30.0 Å². The highest BCUT2D eigenvalue weighted by molar-refractivity contribution is 6.30. The molecule has 1 aliphatic rings. The summed E-state index contributed by atoms with van der Waals surface area (Å²) in [4.78, 5) is 15.1. The molecule has 0 radical (unpaired) electrons. The first-order valence-corrected chi connectivity index (χ1v) is 9.26. The Kier molecular flexibility index (Phi) is 5.50. The van der Waals surface area contributed by atoms with Gasteiger partial charge in [-0.25, -0.2) is 0 Å². The topological polar surface area (TPSA) is 37.3 Å². The van der Waals surface area contributed by atoms with E-state index in [-0.39, 0.29) is 11.9 Å². The van der Waals surface area contributed by atoms with E-state index in [2.05, 4.69) is 22.3 Å². The highest BCUT2D eigenvalue weighted by Gasteiger charge is 2.24. The van der Waals surface area contributed by atoms with Crippen LogP contribution in [-0.2, 0) is 7.05 Å². The molecule has 0 bridgehead atoms. The van der Waals surface area contributed by atoms with Gasteiger partial charge in [0.1, 0.15) is 0 Å². The van der Waals surface area contributed by atoms with Gasteiger partial charge in [-0.15, -0.1) is 0 Å². The summed E-state index contributed by atoms with van der Waals surface area (Å²) in [5.41, 5.74) is 4.06. The minimum Gasteiger partial charge on any atom is -0.351 e. The first kappa shape index (κ1) is 18.0. The van der Waals surface area contributed by atoms with Crippen molar-refractivity contribution in [3.63, 3.8) is 0 Å². The molecule has 1 N–H and O–H groups in total. The maximum Gasteiger partial charge on any atom is 0.253 e. The van der Waals surface area contributed by atoms with Gasteiger partial charge in [-0.1, -0.05) is 23.7 Å². The third-order valence-electron chi connectivity index (χ3n) is 5.31. The van der Waals surface area contributed by atoms with Gasteiger partial charge in [0.15, 0.2) is 0 Å². The highest BCUT2D eigenvalue weighted by atomic mass is 35.5. The van der Waals surface area contributed by atoms with Gasteiger partial charge >= 0.3 is 0 Å². The molecule has 1 saturated heterocycles. The van der Waals surface area contributed by atoms with E-state index in [1.807, 2.05) is 43.7 Å². The number of nitrogens with zero attached hydrogens (tertiary/aromatic N) is 2. The Morgan fingerprint density at radius 1 is 1.20 bits per heavy atom. The summed E-state index contributed by atoms with van der Waals surface area (Å²) in [5, 5.41) is 3.88. The Morgan fingerprint density at radius 3 is 2.40 bits per heavy atom. The number of nitrogens with one attached hydrogen (secondary N) is 1. The lowest BCUT2D eigenvalue weighted by Crippen LogP contribution is -2.36. The maximum absolute atomic E-state index is 12.7. The molecular formula is C20H26ClN3O. The summed E-state index contributed by atoms with van der Waals surface area (Å²) < 4.78 is 2.05. The van der Waals surface area contributed by atoms with Gasteiger partial charge in [-0.3, -0.25) is 9.69 Å². The average molecular weight is 360 g/mol. The molecule has 0 unspecified atom stereocenters. The number of hydrogen-bond acceptors (Lipinski definition) is 2. The lowest BCUT2D eigenvalue weighted by Gasteiger charge is -2.28. The number of hydrogen-bond donors (Lipinski definition) is 1. The summed E-state index contributed by atoms with van der Waals surface area (Å²) in [5.74, 6) is -0.000592. The minimum atomic E-state index is -0.000592. The van der Waals surface area contributed by atoms with Crippen LogP contribution in [0, 0.1) is 13.8 Å². The maximum atomic E-state index is 12.7. The zero-order valence-electron chi connectivity index (χ0n) is 15.2. The molecule has 1 amide bonds. The van der Waals surface area contributed by atoms with E-state index in [9.17, 15) is 4.79 Å². The number of benzene rings is 1. The monoisotopic (exact) mass is 359 g/mol. The summed E-state index contributed by atoms with van der Waals surface area (Å²) in [7, 11) is 1.99. The second kappa shape index (κ2) is 7.63. The number of carbonyl (C=O) groups excluding carboxylic acids is 1. The average Bonchev–Trinajstić information content (AvgIpc) is 3.21. The van der Waals surface area contributed by atoms with Crippen molar-refractivity contribution in [3.05, 3.63) is 57.9 Å². The Labute approximate surface area is 154 Å². The molecule has 134 valence electrons. The molecule has 4 nitrogen and oxygen atoms in total. The SMILES string of the molecule is Cc1cc(C(=O)NC[C@H](c2ccc(Cl)cc2)N2CCCC2)c(C)n1C. The fourth-order valence-corrected chi connectivity index (χ4v) is 3.69. The van der Waals surface area contributed by atoms with E-state index < -0.39 is 0 Å². The van der Waals surface area contributed by atoms with Crippen LogP contribution in [0.1, 0.15) is 46.2 Å². The molecule has 1 aromatic carbocycles.